The van der Waals surface area contributed by atoms with Crippen molar-refractivity contribution in [2.75, 3.05) is 5.32 Å². The fourth-order valence-electron chi connectivity index (χ4n) is 1.10. The number of carboxylic acid groups (broad SMARTS) is 1. The van der Waals surface area contributed by atoms with E-state index in [0.717, 1.165) is 6.26 Å². The minimum Gasteiger partial charge on any atom is -0.476 e. The van der Waals surface area contributed by atoms with E-state index in [1.54, 1.807) is 6.92 Å². The van der Waals surface area contributed by atoms with Gasteiger partial charge in [-0.15, -0.1) is 0 Å². The largest absolute Gasteiger partial charge is 0.476 e. The van der Waals surface area contributed by atoms with Gasteiger partial charge >= 0.3 is 5.97 Å². The SMILES string of the molecule is CC(C)NC(=O)C(C)Nc1nc(C(=O)O)co1. The Balaban J connectivity index is 2.58. The predicted molar refractivity (Wildman–Crippen MR) is 59.8 cm³/mol. The number of carboxylic acids is 1. The molecule has 1 atom stereocenters. The summed E-state index contributed by atoms with van der Waals surface area (Å²) in [6.45, 7) is 5.32. The van der Waals surface area contributed by atoms with Crippen LogP contribution in [0.3, 0.4) is 0 Å². The third-order valence-electron chi connectivity index (χ3n) is 1.89. The molecule has 94 valence electrons. The molecule has 0 spiro atoms. The zero-order chi connectivity index (χ0) is 13.0. The van der Waals surface area contributed by atoms with E-state index < -0.39 is 12.0 Å². The quantitative estimate of drug-likeness (QED) is 0.700. The first-order chi connectivity index (χ1) is 7.90. The summed E-state index contributed by atoms with van der Waals surface area (Å²) < 4.78 is 4.87. The van der Waals surface area contributed by atoms with Gasteiger partial charge in [-0.3, -0.25) is 4.79 Å². The van der Waals surface area contributed by atoms with Crippen molar-refractivity contribution in [2.24, 2.45) is 0 Å². The molecule has 1 amide bonds. The van der Waals surface area contributed by atoms with Crippen molar-refractivity contribution in [3.63, 3.8) is 0 Å². The summed E-state index contributed by atoms with van der Waals surface area (Å²) in [6, 6.07) is -0.516. The Hall–Kier alpha value is -2.05. The maximum absolute atomic E-state index is 11.5. The van der Waals surface area contributed by atoms with Crippen molar-refractivity contribution in [3.8, 4) is 0 Å². The smallest absolute Gasteiger partial charge is 0.357 e. The Kier molecular flexibility index (Phi) is 4.08. The first-order valence-electron chi connectivity index (χ1n) is 5.16. The highest BCUT2D eigenvalue weighted by Crippen LogP contribution is 2.08. The van der Waals surface area contributed by atoms with Gasteiger partial charge in [-0.1, -0.05) is 0 Å². The van der Waals surface area contributed by atoms with E-state index in [2.05, 4.69) is 15.6 Å². The van der Waals surface area contributed by atoms with Gasteiger partial charge in [0.1, 0.15) is 12.3 Å². The van der Waals surface area contributed by atoms with Gasteiger partial charge in [0.05, 0.1) is 0 Å². The molecule has 0 aliphatic carbocycles. The summed E-state index contributed by atoms with van der Waals surface area (Å²) in [5.74, 6) is -1.39. The van der Waals surface area contributed by atoms with Gasteiger partial charge in [-0.2, -0.15) is 4.98 Å². The van der Waals surface area contributed by atoms with Crippen LogP contribution in [0.15, 0.2) is 10.7 Å². The second kappa shape index (κ2) is 5.33. The van der Waals surface area contributed by atoms with Crippen molar-refractivity contribution >= 4 is 17.9 Å². The second-order valence-electron chi connectivity index (χ2n) is 3.87. The molecule has 1 aromatic heterocycles. The number of nitrogens with one attached hydrogen (secondary N) is 2. The minimum atomic E-state index is -1.18. The molecule has 1 rings (SSSR count). The Bertz CT molecular complexity index is 413. The number of anilines is 1. The summed E-state index contributed by atoms with van der Waals surface area (Å²) in [6.07, 6.45) is 1.01. The Morgan fingerprint density at radius 2 is 2.06 bits per heavy atom. The summed E-state index contributed by atoms with van der Waals surface area (Å²) >= 11 is 0. The molecule has 0 bridgehead atoms. The van der Waals surface area contributed by atoms with Gasteiger partial charge in [0, 0.05) is 6.04 Å². The van der Waals surface area contributed by atoms with E-state index >= 15 is 0 Å². The highest BCUT2D eigenvalue weighted by Gasteiger charge is 2.17. The van der Waals surface area contributed by atoms with Crippen LogP contribution in [0.2, 0.25) is 0 Å². The van der Waals surface area contributed by atoms with Gasteiger partial charge in [-0.05, 0) is 20.8 Å². The highest BCUT2D eigenvalue weighted by atomic mass is 16.4. The molecular weight excluding hydrogens is 226 g/mol. The van der Waals surface area contributed by atoms with Gasteiger partial charge in [-0.25, -0.2) is 4.79 Å². The fraction of sp³-hybridized carbons (Fsp3) is 0.500. The van der Waals surface area contributed by atoms with Gasteiger partial charge in [0.2, 0.25) is 5.91 Å². The van der Waals surface area contributed by atoms with E-state index in [1.807, 2.05) is 13.8 Å². The summed E-state index contributed by atoms with van der Waals surface area (Å²) in [4.78, 5) is 25.7. The molecular formula is C10H15N3O4. The number of rotatable bonds is 5. The first-order valence-corrected chi connectivity index (χ1v) is 5.16. The van der Waals surface area contributed by atoms with E-state index in [0.29, 0.717) is 0 Å². The van der Waals surface area contributed by atoms with Crippen LogP contribution in [-0.4, -0.2) is 34.1 Å². The Labute approximate surface area is 98.2 Å². The average molecular weight is 241 g/mol. The monoisotopic (exact) mass is 241 g/mol. The first kappa shape index (κ1) is 13.0. The van der Waals surface area contributed by atoms with Crippen molar-refractivity contribution in [2.45, 2.75) is 32.9 Å². The van der Waals surface area contributed by atoms with Crippen LogP contribution < -0.4 is 10.6 Å². The lowest BCUT2D eigenvalue weighted by Gasteiger charge is -2.14. The summed E-state index contributed by atoms with van der Waals surface area (Å²) in [5.41, 5.74) is -0.205. The average Bonchev–Trinajstić information content (AvgIpc) is 2.65. The summed E-state index contributed by atoms with van der Waals surface area (Å²) in [5, 5.41) is 14.0. The lowest BCUT2D eigenvalue weighted by molar-refractivity contribution is -0.122. The fourth-order valence-corrected chi connectivity index (χ4v) is 1.10. The predicted octanol–water partition coefficient (Wildman–Crippen LogP) is 0.698. The van der Waals surface area contributed by atoms with Gasteiger partial charge in [0.25, 0.3) is 6.01 Å². The molecule has 7 nitrogen and oxygen atoms in total. The minimum absolute atomic E-state index is 0.00815. The third kappa shape index (κ3) is 3.78. The molecule has 3 N–H and O–H groups in total. The number of oxazole rings is 1. The molecule has 0 aliphatic rings. The normalized spacial score (nSPS) is 12.2. The van der Waals surface area contributed by atoms with Crippen molar-refractivity contribution < 1.29 is 19.1 Å². The number of carbonyl (C=O) groups is 2. The number of hydrogen-bond acceptors (Lipinski definition) is 5. The zero-order valence-electron chi connectivity index (χ0n) is 9.85. The molecule has 0 radical (unpaired) electrons. The van der Waals surface area contributed by atoms with E-state index in [-0.39, 0.29) is 23.7 Å². The highest BCUT2D eigenvalue weighted by molar-refractivity contribution is 5.86. The van der Waals surface area contributed by atoms with E-state index in [9.17, 15) is 9.59 Å². The molecule has 1 aromatic rings. The van der Waals surface area contributed by atoms with E-state index in [1.165, 1.54) is 0 Å². The van der Waals surface area contributed by atoms with Crippen molar-refractivity contribution in [1.82, 2.24) is 10.3 Å². The molecule has 7 heteroatoms. The van der Waals surface area contributed by atoms with Crippen molar-refractivity contribution in [1.29, 1.82) is 0 Å². The maximum atomic E-state index is 11.5. The molecule has 17 heavy (non-hydrogen) atoms. The molecule has 0 saturated heterocycles. The van der Waals surface area contributed by atoms with Crippen LogP contribution in [-0.2, 0) is 4.79 Å². The molecule has 0 fully saturated rings. The number of carbonyl (C=O) groups excluding carboxylic acids is 1. The molecule has 0 aromatic carbocycles. The van der Waals surface area contributed by atoms with Crippen molar-refractivity contribution in [3.05, 3.63) is 12.0 Å². The van der Waals surface area contributed by atoms with Gasteiger partial charge in [0.15, 0.2) is 5.69 Å². The number of aromatic carboxylic acids is 1. The number of nitrogens with zero attached hydrogens (tertiary/aromatic N) is 1. The second-order valence-corrected chi connectivity index (χ2v) is 3.87. The van der Waals surface area contributed by atoms with Crippen LogP contribution in [0, 0.1) is 0 Å². The third-order valence-corrected chi connectivity index (χ3v) is 1.89. The zero-order valence-corrected chi connectivity index (χ0v) is 9.85. The van der Waals surface area contributed by atoms with Gasteiger partial charge < -0.3 is 20.2 Å². The lowest BCUT2D eigenvalue weighted by atomic mass is 10.3. The molecule has 0 saturated carbocycles. The van der Waals surface area contributed by atoms with Crippen LogP contribution in [0.5, 0.6) is 0 Å². The van der Waals surface area contributed by atoms with Crippen LogP contribution >= 0.6 is 0 Å². The number of hydrogen-bond donors (Lipinski definition) is 3. The number of amides is 1. The standard InChI is InChI=1S/C10H15N3O4/c1-5(2)11-8(14)6(3)12-10-13-7(4-17-10)9(15)16/h4-6H,1-3H3,(H,11,14)(H,12,13)(H,15,16). The molecule has 1 unspecified atom stereocenters. The molecule has 1 heterocycles. The maximum Gasteiger partial charge on any atom is 0.357 e. The number of aromatic nitrogens is 1. The van der Waals surface area contributed by atoms with E-state index in [4.69, 9.17) is 9.52 Å². The van der Waals surface area contributed by atoms with Crippen LogP contribution in [0.1, 0.15) is 31.3 Å². The Morgan fingerprint density at radius 3 is 2.53 bits per heavy atom. The van der Waals surface area contributed by atoms with Crippen LogP contribution in [0.25, 0.3) is 0 Å². The lowest BCUT2D eigenvalue weighted by Crippen LogP contribution is -2.41. The topological polar surface area (TPSA) is 104 Å². The Morgan fingerprint density at radius 1 is 1.41 bits per heavy atom. The summed E-state index contributed by atoms with van der Waals surface area (Å²) in [7, 11) is 0. The molecule has 0 aliphatic heterocycles. The van der Waals surface area contributed by atoms with Crippen LogP contribution in [0.4, 0.5) is 6.01 Å².